The SMILES string of the molecule is O=C(Oc1cccc(/C=N/Nc2nc(N3CCCCC3)nc(N3CCCCC3)n2)c1)c1cc([N+](=O)[O-])cc([N+](=O)[O-])c1. The first-order valence-corrected chi connectivity index (χ1v) is 13.7. The average molecular weight is 576 g/mol. The van der Waals surface area contributed by atoms with E-state index in [2.05, 4.69) is 30.3 Å². The van der Waals surface area contributed by atoms with Gasteiger partial charge in [0.05, 0.1) is 27.7 Å². The molecule has 218 valence electrons. The molecule has 0 unspecified atom stereocenters. The maximum Gasteiger partial charge on any atom is 0.344 e. The summed E-state index contributed by atoms with van der Waals surface area (Å²) >= 11 is 0. The molecule has 2 fully saturated rings. The summed E-state index contributed by atoms with van der Waals surface area (Å²) in [7, 11) is 0. The maximum absolute atomic E-state index is 12.7. The van der Waals surface area contributed by atoms with Gasteiger partial charge in [-0.2, -0.15) is 20.1 Å². The summed E-state index contributed by atoms with van der Waals surface area (Å²) in [5, 5.41) is 26.6. The number of hydrogen-bond acceptors (Lipinski definition) is 13. The van der Waals surface area contributed by atoms with Crippen molar-refractivity contribution in [1.82, 2.24) is 15.0 Å². The highest BCUT2D eigenvalue weighted by molar-refractivity contribution is 5.93. The number of nitrogens with one attached hydrogen (secondary N) is 1. The fraction of sp³-hybridized carbons (Fsp3) is 0.370. The molecule has 2 aromatic carbocycles. The van der Waals surface area contributed by atoms with Gasteiger partial charge in [0.2, 0.25) is 17.8 Å². The molecule has 0 bridgehead atoms. The Bertz CT molecular complexity index is 1430. The average Bonchev–Trinajstić information content (AvgIpc) is 3.01. The number of nitro groups is 2. The number of nitrogens with zero attached hydrogens (tertiary/aromatic N) is 8. The predicted molar refractivity (Wildman–Crippen MR) is 154 cm³/mol. The molecule has 2 aliphatic rings. The molecule has 0 spiro atoms. The molecular weight excluding hydrogens is 546 g/mol. The lowest BCUT2D eigenvalue weighted by Gasteiger charge is -2.30. The third-order valence-corrected chi connectivity index (χ3v) is 6.90. The molecule has 42 heavy (non-hydrogen) atoms. The van der Waals surface area contributed by atoms with Crippen molar-refractivity contribution in [3.8, 4) is 5.75 Å². The van der Waals surface area contributed by atoms with Gasteiger partial charge in [-0.05, 0) is 56.2 Å². The minimum atomic E-state index is -0.977. The van der Waals surface area contributed by atoms with Gasteiger partial charge in [0.15, 0.2) is 0 Å². The van der Waals surface area contributed by atoms with Crippen molar-refractivity contribution in [2.75, 3.05) is 41.4 Å². The fourth-order valence-corrected chi connectivity index (χ4v) is 4.79. The second kappa shape index (κ2) is 13.0. The van der Waals surface area contributed by atoms with E-state index in [1.165, 1.54) is 31.2 Å². The maximum atomic E-state index is 12.7. The second-order valence-corrected chi connectivity index (χ2v) is 9.94. The van der Waals surface area contributed by atoms with Crippen molar-refractivity contribution < 1.29 is 19.4 Å². The van der Waals surface area contributed by atoms with E-state index in [0.29, 0.717) is 23.4 Å². The van der Waals surface area contributed by atoms with Crippen LogP contribution in [0.3, 0.4) is 0 Å². The molecule has 15 heteroatoms. The molecule has 15 nitrogen and oxygen atoms in total. The van der Waals surface area contributed by atoms with Crippen molar-refractivity contribution in [1.29, 1.82) is 0 Å². The second-order valence-electron chi connectivity index (χ2n) is 9.94. The van der Waals surface area contributed by atoms with Gasteiger partial charge < -0.3 is 14.5 Å². The van der Waals surface area contributed by atoms with Gasteiger partial charge >= 0.3 is 5.97 Å². The quantitative estimate of drug-likeness (QED) is 0.125. The zero-order valence-electron chi connectivity index (χ0n) is 22.7. The molecule has 5 rings (SSSR count). The Kier molecular flexibility index (Phi) is 8.75. The molecule has 1 N–H and O–H groups in total. The van der Waals surface area contributed by atoms with Crippen LogP contribution in [0.5, 0.6) is 5.75 Å². The van der Waals surface area contributed by atoms with Crippen LogP contribution in [-0.2, 0) is 0 Å². The van der Waals surface area contributed by atoms with Crippen LogP contribution < -0.4 is 20.0 Å². The van der Waals surface area contributed by atoms with E-state index in [-0.39, 0.29) is 11.3 Å². The van der Waals surface area contributed by atoms with E-state index < -0.39 is 27.2 Å². The molecule has 3 aromatic rings. The van der Waals surface area contributed by atoms with E-state index in [1.807, 2.05) is 0 Å². The number of hydrogen-bond donors (Lipinski definition) is 1. The Morgan fingerprint density at radius 3 is 1.95 bits per heavy atom. The number of carbonyl (C=O) groups excluding carboxylic acids is 1. The van der Waals surface area contributed by atoms with Crippen LogP contribution in [0.25, 0.3) is 0 Å². The monoisotopic (exact) mass is 575 g/mol. The number of anilines is 3. The smallest absolute Gasteiger partial charge is 0.344 e. The molecule has 0 atom stereocenters. The van der Waals surface area contributed by atoms with E-state index in [4.69, 9.17) is 9.72 Å². The highest BCUT2D eigenvalue weighted by Gasteiger charge is 2.22. The first-order chi connectivity index (χ1) is 20.4. The van der Waals surface area contributed by atoms with Crippen molar-refractivity contribution in [2.45, 2.75) is 38.5 Å². The summed E-state index contributed by atoms with van der Waals surface area (Å²) < 4.78 is 5.33. The third kappa shape index (κ3) is 7.10. The Hall–Kier alpha value is -5.21. The van der Waals surface area contributed by atoms with Gasteiger partial charge in [-0.1, -0.05) is 12.1 Å². The number of piperidine rings is 2. The number of hydrazone groups is 1. The lowest BCUT2D eigenvalue weighted by atomic mass is 10.1. The molecular formula is C27H29N9O6. The lowest BCUT2D eigenvalue weighted by molar-refractivity contribution is -0.394. The van der Waals surface area contributed by atoms with E-state index >= 15 is 0 Å². The van der Waals surface area contributed by atoms with Crippen molar-refractivity contribution in [3.63, 3.8) is 0 Å². The lowest BCUT2D eigenvalue weighted by Crippen LogP contribution is -2.34. The normalized spacial score (nSPS) is 15.4. The molecule has 0 radical (unpaired) electrons. The molecule has 3 heterocycles. The van der Waals surface area contributed by atoms with Gasteiger partial charge in [0, 0.05) is 38.3 Å². The Morgan fingerprint density at radius 1 is 0.833 bits per heavy atom. The van der Waals surface area contributed by atoms with Gasteiger partial charge in [-0.15, -0.1) is 0 Å². The Labute approximate surface area is 240 Å². The molecule has 1 aromatic heterocycles. The number of non-ortho nitro benzene ring substituents is 2. The fourth-order valence-electron chi connectivity index (χ4n) is 4.79. The van der Waals surface area contributed by atoms with Gasteiger partial charge in [0.1, 0.15) is 5.75 Å². The summed E-state index contributed by atoms with van der Waals surface area (Å²) in [6, 6.07) is 9.03. The minimum absolute atomic E-state index is 0.123. The molecule has 2 saturated heterocycles. The van der Waals surface area contributed by atoms with Crippen molar-refractivity contribution >= 4 is 41.4 Å². The van der Waals surface area contributed by atoms with Gasteiger partial charge in [0.25, 0.3) is 11.4 Å². The highest BCUT2D eigenvalue weighted by atomic mass is 16.6. The highest BCUT2D eigenvalue weighted by Crippen LogP contribution is 2.25. The van der Waals surface area contributed by atoms with Crippen LogP contribution >= 0.6 is 0 Å². The van der Waals surface area contributed by atoms with Crippen LogP contribution in [0, 0.1) is 20.2 Å². The minimum Gasteiger partial charge on any atom is -0.423 e. The van der Waals surface area contributed by atoms with E-state index in [0.717, 1.165) is 70.1 Å². The largest absolute Gasteiger partial charge is 0.423 e. The topological polar surface area (TPSA) is 182 Å². The van der Waals surface area contributed by atoms with Gasteiger partial charge in [-0.3, -0.25) is 20.2 Å². The van der Waals surface area contributed by atoms with Crippen LogP contribution in [0.2, 0.25) is 0 Å². The number of rotatable bonds is 9. The number of aromatic nitrogens is 3. The summed E-state index contributed by atoms with van der Waals surface area (Å²) in [6.45, 7) is 3.56. The first-order valence-electron chi connectivity index (χ1n) is 13.7. The first kappa shape index (κ1) is 28.3. The number of nitro benzene ring substituents is 2. The van der Waals surface area contributed by atoms with Crippen LogP contribution in [-0.4, -0.2) is 63.2 Å². The molecule has 0 saturated carbocycles. The van der Waals surface area contributed by atoms with Gasteiger partial charge in [-0.25, -0.2) is 10.2 Å². The summed E-state index contributed by atoms with van der Waals surface area (Å²) in [4.78, 5) is 51.6. The Morgan fingerprint density at radius 2 is 1.40 bits per heavy atom. The zero-order chi connectivity index (χ0) is 29.5. The standard InChI is InChI=1S/C27H29N9O6/c37-24(20-15-21(35(38)39)17-22(16-20)36(40)41)42-23-9-7-8-19(14-23)18-28-32-25-29-26(33-10-3-1-4-11-33)31-27(30-25)34-12-5-2-6-13-34/h7-9,14-18H,1-6,10-13H2,(H,29,30,31,32)/b28-18+. The number of esters is 1. The summed E-state index contributed by atoms with van der Waals surface area (Å²) in [5.74, 6) is 0.710. The van der Waals surface area contributed by atoms with Crippen LogP contribution in [0.1, 0.15) is 54.4 Å². The summed E-state index contributed by atoms with van der Waals surface area (Å²) in [6.07, 6.45) is 8.23. The van der Waals surface area contributed by atoms with Crippen LogP contribution in [0.4, 0.5) is 29.2 Å². The third-order valence-electron chi connectivity index (χ3n) is 6.90. The number of carbonyl (C=O) groups is 1. The molecule has 2 aliphatic heterocycles. The molecule has 0 amide bonds. The number of benzene rings is 2. The van der Waals surface area contributed by atoms with Crippen molar-refractivity contribution in [2.24, 2.45) is 5.10 Å². The van der Waals surface area contributed by atoms with E-state index in [9.17, 15) is 25.0 Å². The predicted octanol–water partition coefficient (Wildman–Crippen LogP) is 4.33. The van der Waals surface area contributed by atoms with Crippen molar-refractivity contribution in [3.05, 3.63) is 73.8 Å². The zero-order valence-corrected chi connectivity index (χ0v) is 22.7. The Balaban J connectivity index is 1.30. The number of ether oxygens (including phenoxy) is 1. The molecule has 0 aliphatic carbocycles. The van der Waals surface area contributed by atoms with Crippen LogP contribution in [0.15, 0.2) is 47.6 Å². The summed E-state index contributed by atoms with van der Waals surface area (Å²) in [5.41, 5.74) is 1.96. The van der Waals surface area contributed by atoms with E-state index in [1.54, 1.807) is 12.1 Å².